The molecule has 0 aliphatic rings. The van der Waals surface area contributed by atoms with Crippen molar-refractivity contribution in [1.82, 2.24) is 4.57 Å². The highest BCUT2D eigenvalue weighted by molar-refractivity contribution is 14.1. The van der Waals surface area contributed by atoms with E-state index in [1.54, 1.807) is 30.7 Å². The monoisotopic (exact) mass is 496 g/mol. The number of rotatable bonds is 5. The summed E-state index contributed by atoms with van der Waals surface area (Å²) in [7, 11) is 1.56. The lowest BCUT2D eigenvalue weighted by molar-refractivity contribution is -0.143. The number of ether oxygens (including phenoxy) is 2. The molecule has 0 N–H and O–H groups in total. The van der Waals surface area contributed by atoms with Crippen molar-refractivity contribution < 1.29 is 19.1 Å². The lowest BCUT2D eigenvalue weighted by atomic mass is 10.2. The van der Waals surface area contributed by atoms with E-state index in [1.807, 2.05) is 30.3 Å². The second kappa shape index (κ2) is 8.66. The number of esters is 1. The van der Waals surface area contributed by atoms with Crippen LogP contribution in [0.5, 0.6) is 5.75 Å². The highest BCUT2D eigenvalue weighted by atomic mass is 127. The van der Waals surface area contributed by atoms with E-state index in [0.717, 1.165) is 8.27 Å². The van der Waals surface area contributed by atoms with Crippen molar-refractivity contribution in [2.45, 2.75) is 13.5 Å². The highest BCUT2D eigenvalue weighted by Gasteiger charge is 2.16. The molecule has 1 amide bonds. The van der Waals surface area contributed by atoms with Crippen LogP contribution in [-0.2, 0) is 16.1 Å². The summed E-state index contributed by atoms with van der Waals surface area (Å²) in [6.45, 7) is 1.99. The summed E-state index contributed by atoms with van der Waals surface area (Å²) < 4.78 is 13.9. The molecule has 0 atom stereocenters. The third-order valence-electron chi connectivity index (χ3n) is 3.78. The predicted molar refractivity (Wildman–Crippen MR) is 112 cm³/mol. The van der Waals surface area contributed by atoms with Crippen LogP contribution in [0.2, 0.25) is 0 Å². The van der Waals surface area contributed by atoms with Gasteiger partial charge in [0.05, 0.1) is 24.0 Å². The average Bonchev–Trinajstić information content (AvgIpc) is 2.99. The normalized spacial score (nSPS) is 11.6. The molecule has 1 heterocycles. The first-order chi connectivity index (χ1) is 13.0. The van der Waals surface area contributed by atoms with Crippen LogP contribution in [0.25, 0.3) is 10.2 Å². The molecule has 1 aromatic heterocycles. The molecule has 0 fully saturated rings. The Morgan fingerprint density at radius 3 is 2.67 bits per heavy atom. The SMILES string of the molecule is CCOC(=O)Cn1c(=NC(=O)c2ccccc2I)sc2cccc(OC)c21. The Kier molecular flexibility index (Phi) is 6.27. The minimum Gasteiger partial charge on any atom is -0.495 e. The number of methoxy groups -OCH3 is 1. The van der Waals surface area contributed by atoms with Gasteiger partial charge in [0.1, 0.15) is 17.8 Å². The molecule has 27 heavy (non-hydrogen) atoms. The molecule has 8 heteroatoms. The molecule has 3 rings (SSSR count). The average molecular weight is 496 g/mol. The molecule has 0 aliphatic heterocycles. The zero-order valence-electron chi connectivity index (χ0n) is 14.8. The molecule has 0 bridgehead atoms. The molecule has 0 spiro atoms. The summed E-state index contributed by atoms with van der Waals surface area (Å²) >= 11 is 3.43. The van der Waals surface area contributed by atoms with Crippen LogP contribution >= 0.6 is 33.9 Å². The molecule has 140 valence electrons. The van der Waals surface area contributed by atoms with Gasteiger partial charge in [-0.05, 0) is 53.8 Å². The Morgan fingerprint density at radius 1 is 1.19 bits per heavy atom. The molecule has 0 saturated heterocycles. The molecule has 0 unspecified atom stereocenters. The van der Waals surface area contributed by atoms with Crippen molar-refractivity contribution >= 4 is 56.0 Å². The largest absolute Gasteiger partial charge is 0.495 e. The van der Waals surface area contributed by atoms with Crippen LogP contribution in [0.4, 0.5) is 0 Å². The Morgan fingerprint density at radius 2 is 1.96 bits per heavy atom. The Hall–Kier alpha value is -2.20. The summed E-state index contributed by atoms with van der Waals surface area (Å²) in [5.41, 5.74) is 1.23. The van der Waals surface area contributed by atoms with Crippen LogP contribution in [0.3, 0.4) is 0 Å². The second-order valence-corrected chi connectivity index (χ2v) is 7.65. The van der Waals surface area contributed by atoms with Crippen molar-refractivity contribution in [3.05, 3.63) is 56.4 Å². The lowest BCUT2D eigenvalue weighted by Crippen LogP contribution is -2.23. The number of nitrogens with zero attached hydrogens (tertiary/aromatic N) is 2. The quantitative estimate of drug-likeness (QED) is 0.400. The zero-order chi connectivity index (χ0) is 19.4. The van der Waals surface area contributed by atoms with E-state index in [9.17, 15) is 9.59 Å². The number of carbonyl (C=O) groups is 2. The molecule has 0 saturated carbocycles. The van der Waals surface area contributed by atoms with E-state index in [2.05, 4.69) is 27.6 Å². The molecular weight excluding hydrogens is 479 g/mol. The van der Waals surface area contributed by atoms with Gasteiger partial charge in [-0.25, -0.2) is 0 Å². The van der Waals surface area contributed by atoms with Crippen molar-refractivity contribution in [1.29, 1.82) is 0 Å². The van der Waals surface area contributed by atoms with Gasteiger partial charge in [-0.3, -0.25) is 9.59 Å². The minimum absolute atomic E-state index is 0.0494. The first kappa shape index (κ1) is 19.6. The van der Waals surface area contributed by atoms with Crippen LogP contribution in [-0.4, -0.2) is 30.2 Å². The van der Waals surface area contributed by atoms with Gasteiger partial charge >= 0.3 is 5.97 Å². The Balaban J connectivity index is 2.18. The van der Waals surface area contributed by atoms with E-state index >= 15 is 0 Å². The van der Waals surface area contributed by atoms with E-state index in [1.165, 1.54) is 11.3 Å². The number of hydrogen-bond acceptors (Lipinski definition) is 5. The van der Waals surface area contributed by atoms with Crippen LogP contribution in [0.15, 0.2) is 47.5 Å². The number of thiazole rings is 1. The maximum absolute atomic E-state index is 12.7. The predicted octanol–water partition coefficient (Wildman–Crippen LogP) is 3.62. The van der Waals surface area contributed by atoms with Crippen LogP contribution in [0, 0.1) is 3.57 Å². The summed E-state index contributed by atoms with van der Waals surface area (Å²) in [6, 6.07) is 12.8. The highest BCUT2D eigenvalue weighted by Crippen LogP contribution is 2.27. The van der Waals surface area contributed by atoms with Gasteiger partial charge in [-0.15, -0.1) is 0 Å². The first-order valence-electron chi connectivity index (χ1n) is 8.20. The molecule has 0 aliphatic carbocycles. The van der Waals surface area contributed by atoms with Crippen molar-refractivity contribution in [3.63, 3.8) is 0 Å². The Labute approximate surface area is 173 Å². The maximum atomic E-state index is 12.7. The minimum atomic E-state index is -0.397. The fourth-order valence-corrected chi connectivity index (χ4v) is 4.28. The topological polar surface area (TPSA) is 69.9 Å². The molecule has 3 aromatic rings. The summed E-state index contributed by atoms with van der Waals surface area (Å²) in [6.07, 6.45) is 0. The molecular formula is C19H17IN2O4S. The number of fused-ring (bicyclic) bond motifs is 1. The third kappa shape index (κ3) is 4.22. The fourth-order valence-electron chi connectivity index (χ4n) is 2.61. The van der Waals surface area contributed by atoms with Crippen LogP contribution < -0.4 is 9.54 Å². The second-order valence-electron chi connectivity index (χ2n) is 5.48. The number of aromatic nitrogens is 1. The number of carbonyl (C=O) groups excluding carboxylic acids is 2. The first-order valence-corrected chi connectivity index (χ1v) is 10.1. The van der Waals surface area contributed by atoms with E-state index in [0.29, 0.717) is 21.6 Å². The standard InChI is InChI=1S/C19H17IN2O4S/c1-3-26-16(23)11-22-17-14(25-2)9-6-10-15(17)27-19(22)21-18(24)12-7-4-5-8-13(12)20/h4-10H,3,11H2,1-2H3. The summed E-state index contributed by atoms with van der Waals surface area (Å²) in [5, 5.41) is 0. The number of hydrogen-bond donors (Lipinski definition) is 0. The lowest BCUT2D eigenvalue weighted by Gasteiger charge is -2.08. The van der Waals surface area contributed by atoms with Gasteiger partial charge in [0.15, 0.2) is 4.80 Å². The van der Waals surface area contributed by atoms with Crippen molar-refractivity contribution in [2.75, 3.05) is 13.7 Å². The Bertz CT molecular complexity index is 1070. The molecule has 0 radical (unpaired) electrons. The number of benzene rings is 2. The fraction of sp³-hybridized carbons (Fsp3) is 0.211. The van der Waals surface area contributed by atoms with E-state index < -0.39 is 5.97 Å². The maximum Gasteiger partial charge on any atom is 0.326 e. The molecule has 6 nitrogen and oxygen atoms in total. The number of para-hydroxylation sites is 1. The van der Waals surface area contributed by atoms with Gasteiger partial charge in [-0.2, -0.15) is 4.99 Å². The van der Waals surface area contributed by atoms with E-state index in [4.69, 9.17) is 9.47 Å². The van der Waals surface area contributed by atoms with Gasteiger partial charge in [0.2, 0.25) is 0 Å². The molecule has 2 aromatic carbocycles. The van der Waals surface area contributed by atoms with Crippen molar-refractivity contribution in [2.24, 2.45) is 4.99 Å². The van der Waals surface area contributed by atoms with Gasteiger partial charge < -0.3 is 14.0 Å². The van der Waals surface area contributed by atoms with Gasteiger partial charge in [0.25, 0.3) is 5.91 Å². The summed E-state index contributed by atoms with van der Waals surface area (Å²) in [4.78, 5) is 29.5. The number of halogens is 1. The third-order valence-corrected chi connectivity index (χ3v) is 5.76. The summed E-state index contributed by atoms with van der Waals surface area (Å²) in [5.74, 6) is -0.148. The van der Waals surface area contributed by atoms with Crippen LogP contribution in [0.1, 0.15) is 17.3 Å². The van der Waals surface area contributed by atoms with Gasteiger partial charge in [0, 0.05) is 3.57 Å². The zero-order valence-corrected chi connectivity index (χ0v) is 17.7. The van der Waals surface area contributed by atoms with E-state index in [-0.39, 0.29) is 19.1 Å². The van der Waals surface area contributed by atoms with Crippen molar-refractivity contribution in [3.8, 4) is 5.75 Å². The smallest absolute Gasteiger partial charge is 0.326 e. The number of amides is 1. The van der Waals surface area contributed by atoms with Gasteiger partial charge in [-0.1, -0.05) is 29.5 Å².